The van der Waals surface area contributed by atoms with E-state index in [0.717, 1.165) is 48.5 Å². The Morgan fingerprint density at radius 3 is 2.67 bits per heavy atom. The Balaban J connectivity index is 3.10. The number of hydrogen-bond donors (Lipinski definition) is 1. The summed E-state index contributed by atoms with van der Waals surface area (Å²) in [5.41, 5.74) is 2.37. The van der Waals surface area contributed by atoms with Crippen molar-refractivity contribution in [3.63, 3.8) is 0 Å². The predicted octanol–water partition coefficient (Wildman–Crippen LogP) is 2.29. The van der Waals surface area contributed by atoms with Gasteiger partial charge < -0.3 is 5.11 Å². The lowest BCUT2D eigenvalue weighted by Gasteiger charge is -2.16. The number of allylic oxidation sites excluding steroid dienone is 4. The van der Waals surface area contributed by atoms with Crippen LogP contribution in [0, 0.1) is 0 Å². The highest BCUT2D eigenvalue weighted by atomic mass is 16.2. The third-order valence-electron chi connectivity index (χ3n) is 2.09. The quantitative estimate of drug-likeness (QED) is 0.502. The van der Waals surface area contributed by atoms with Crippen molar-refractivity contribution in [1.29, 1.82) is 0 Å². The Morgan fingerprint density at radius 1 is 1.42 bits per heavy atom. The van der Waals surface area contributed by atoms with Crippen molar-refractivity contribution in [2.75, 3.05) is 0 Å². The summed E-state index contributed by atoms with van der Waals surface area (Å²) in [6, 6.07) is 0. The number of carbonyl (C=O) groups excluding carboxylic acids is 1. The smallest absolute Gasteiger partial charge is 0.146 e. The summed E-state index contributed by atoms with van der Waals surface area (Å²) in [5.74, 6) is 0. The van der Waals surface area contributed by atoms with Gasteiger partial charge in [-0.2, -0.15) is 0 Å². The van der Waals surface area contributed by atoms with E-state index in [1.165, 1.54) is 0 Å². The number of hydrogen-bond acceptors (Lipinski definition) is 2. The Kier molecular flexibility index (Phi) is 2.86. The van der Waals surface area contributed by atoms with Crippen molar-refractivity contribution < 1.29 is 9.90 Å². The molecule has 2 nitrogen and oxygen atoms in total. The molecular formula is C10H12O2. The van der Waals surface area contributed by atoms with Crippen LogP contribution in [0.3, 0.4) is 0 Å². The van der Waals surface area contributed by atoms with Crippen molar-refractivity contribution in [2.45, 2.75) is 19.3 Å². The molecule has 0 atom stereocenters. The molecule has 0 saturated carbocycles. The summed E-state index contributed by atoms with van der Waals surface area (Å²) in [5, 5.41) is 8.85. The Morgan fingerprint density at radius 2 is 2.17 bits per heavy atom. The fourth-order valence-electron chi connectivity index (χ4n) is 1.46. The molecule has 0 unspecified atom stereocenters. The van der Waals surface area contributed by atoms with Crippen molar-refractivity contribution in [3.05, 3.63) is 35.6 Å². The molecule has 0 saturated heterocycles. The molecule has 1 aliphatic rings. The van der Waals surface area contributed by atoms with Crippen molar-refractivity contribution in [1.82, 2.24) is 0 Å². The average Bonchev–Trinajstić information content (AvgIpc) is 2.16. The molecule has 0 amide bonds. The van der Waals surface area contributed by atoms with E-state index >= 15 is 0 Å². The molecule has 0 bridgehead atoms. The van der Waals surface area contributed by atoms with Gasteiger partial charge in [-0.15, -0.1) is 0 Å². The van der Waals surface area contributed by atoms with E-state index in [2.05, 4.69) is 6.58 Å². The van der Waals surface area contributed by atoms with Crippen LogP contribution < -0.4 is 0 Å². The lowest BCUT2D eigenvalue weighted by atomic mass is 9.89. The summed E-state index contributed by atoms with van der Waals surface area (Å²) in [6.07, 6.45) is 6.10. The molecular weight excluding hydrogens is 152 g/mol. The fourth-order valence-corrected chi connectivity index (χ4v) is 1.46. The molecule has 1 N–H and O–H groups in total. The van der Waals surface area contributed by atoms with Gasteiger partial charge in [0.1, 0.15) is 6.29 Å². The van der Waals surface area contributed by atoms with Crippen LogP contribution in [0.2, 0.25) is 0 Å². The van der Waals surface area contributed by atoms with Crippen LogP contribution in [-0.2, 0) is 4.79 Å². The molecule has 2 heteroatoms. The summed E-state index contributed by atoms with van der Waals surface area (Å²) < 4.78 is 0. The van der Waals surface area contributed by atoms with E-state index in [0.29, 0.717) is 0 Å². The second-order valence-electron chi connectivity index (χ2n) is 2.77. The van der Waals surface area contributed by atoms with Gasteiger partial charge in [0.15, 0.2) is 0 Å². The van der Waals surface area contributed by atoms with Crippen LogP contribution in [0.4, 0.5) is 0 Å². The fraction of sp³-hybridized carbons (Fsp3) is 0.300. The summed E-state index contributed by atoms with van der Waals surface area (Å²) >= 11 is 0. The zero-order valence-corrected chi connectivity index (χ0v) is 6.92. The van der Waals surface area contributed by atoms with Gasteiger partial charge in [0.2, 0.25) is 0 Å². The molecule has 0 radical (unpaired) electrons. The SMILES string of the molecule is C=CC1=C(C=O)CCC/C1=C/O. The number of aliphatic hydroxyl groups excluding tert-OH is 1. The standard InChI is InChI=1S/C10H12O2/c1-2-10-8(6-11)4-3-5-9(10)7-12/h2,6-7,11H,1,3-5H2/b8-6-. The second kappa shape index (κ2) is 3.90. The van der Waals surface area contributed by atoms with E-state index in [-0.39, 0.29) is 0 Å². The maximum Gasteiger partial charge on any atom is 0.146 e. The number of rotatable bonds is 2. The normalized spacial score (nSPS) is 21.2. The minimum atomic E-state index is 0.747. The van der Waals surface area contributed by atoms with Gasteiger partial charge in [0, 0.05) is 0 Å². The number of aldehydes is 1. The highest BCUT2D eigenvalue weighted by Gasteiger charge is 2.14. The van der Waals surface area contributed by atoms with E-state index in [9.17, 15) is 4.79 Å². The molecule has 0 aromatic heterocycles. The molecule has 0 spiro atoms. The highest BCUT2D eigenvalue weighted by molar-refractivity contribution is 5.78. The molecule has 0 aromatic rings. The van der Waals surface area contributed by atoms with Gasteiger partial charge in [-0.25, -0.2) is 0 Å². The predicted molar refractivity (Wildman–Crippen MR) is 47.8 cm³/mol. The molecule has 0 heterocycles. The average molecular weight is 164 g/mol. The van der Waals surface area contributed by atoms with Crippen LogP contribution in [0.25, 0.3) is 0 Å². The molecule has 0 aromatic carbocycles. The van der Waals surface area contributed by atoms with Gasteiger partial charge in [-0.3, -0.25) is 4.79 Å². The summed E-state index contributed by atoms with van der Waals surface area (Å²) in [6.45, 7) is 3.61. The lowest BCUT2D eigenvalue weighted by molar-refractivity contribution is -0.105. The number of carbonyl (C=O) groups is 1. The molecule has 1 aliphatic carbocycles. The monoisotopic (exact) mass is 164 g/mol. The van der Waals surface area contributed by atoms with E-state index < -0.39 is 0 Å². The highest BCUT2D eigenvalue weighted by Crippen LogP contribution is 2.28. The first kappa shape index (κ1) is 8.78. The topological polar surface area (TPSA) is 37.3 Å². The van der Waals surface area contributed by atoms with E-state index in [4.69, 9.17) is 5.11 Å². The maximum atomic E-state index is 10.6. The first-order valence-electron chi connectivity index (χ1n) is 3.98. The summed E-state index contributed by atoms with van der Waals surface area (Å²) in [7, 11) is 0. The van der Waals surface area contributed by atoms with Crippen molar-refractivity contribution >= 4 is 6.29 Å². The lowest BCUT2D eigenvalue weighted by Crippen LogP contribution is -2.02. The summed E-state index contributed by atoms with van der Waals surface area (Å²) in [4.78, 5) is 10.6. The van der Waals surface area contributed by atoms with Gasteiger partial charge in [-0.1, -0.05) is 12.7 Å². The van der Waals surface area contributed by atoms with E-state index in [1.54, 1.807) is 6.08 Å². The van der Waals surface area contributed by atoms with Gasteiger partial charge in [0.25, 0.3) is 0 Å². The zero-order chi connectivity index (χ0) is 8.97. The maximum absolute atomic E-state index is 10.6. The second-order valence-corrected chi connectivity index (χ2v) is 2.77. The van der Waals surface area contributed by atoms with Crippen LogP contribution in [0.1, 0.15) is 19.3 Å². The first-order chi connectivity index (χ1) is 5.83. The largest absolute Gasteiger partial charge is 0.515 e. The Labute approximate surface area is 71.9 Å². The minimum absolute atomic E-state index is 0.747. The molecule has 64 valence electrons. The van der Waals surface area contributed by atoms with Crippen LogP contribution in [0.5, 0.6) is 0 Å². The van der Waals surface area contributed by atoms with Gasteiger partial charge in [-0.05, 0) is 36.0 Å². The van der Waals surface area contributed by atoms with Crippen molar-refractivity contribution in [2.24, 2.45) is 0 Å². The third kappa shape index (κ3) is 1.47. The molecule has 12 heavy (non-hydrogen) atoms. The van der Waals surface area contributed by atoms with Crippen molar-refractivity contribution in [3.8, 4) is 0 Å². The van der Waals surface area contributed by atoms with Gasteiger partial charge in [0.05, 0.1) is 6.26 Å². The van der Waals surface area contributed by atoms with Crippen LogP contribution >= 0.6 is 0 Å². The Hall–Kier alpha value is -1.31. The van der Waals surface area contributed by atoms with Gasteiger partial charge >= 0.3 is 0 Å². The zero-order valence-electron chi connectivity index (χ0n) is 6.92. The molecule has 0 fully saturated rings. The minimum Gasteiger partial charge on any atom is -0.515 e. The van der Waals surface area contributed by atoms with Crippen LogP contribution in [-0.4, -0.2) is 11.4 Å². The third-order valence-corrected chi connectivity index (χ3v) is 2.09. The molecule has 0 aliphatic heterocycles. The Bertz CT molecular complexity index is 259. The molecule has 1 rings (SSSR count). The van der Waals surface area contributed by atoms with E-state index in [1.807, 2.05) is 0 Å². The number of aliphatic hydroxyl groups is 1. The first-order valence-corrected chi connectivity index (χ1v) is 3.98. The van der Waals surface area contributed by atoms with Crippen LogP contribution in [0.15, 0.2) is 35.6 Å².